The summed E-state index contributed by atoms with van der Waals surface area (Å²) in [7, 11) is -3.58. The predicted molar refractivity (Wildman–Crippen MR) is 67.5 cm³/mol. The number of benzene rings is 1. The van der Waals surface area contributed by atoms with Gasteiger partial charge in [-0.3, -0.25) is 0 Å². The van der Waals surface area contributed by atoms with Gasteiger partial charge in [0.2, 0.25) is 10.0 Å². The van der Waals surface area contributed by atoms with Gasteiger partial charge < -0.3 is 5.32 Å². The van der Waals surface area contributed by atoms with Crippen molar-refractivity contribution in [1.82, 2.24) is 10.0 Å². The lowest BCUT2D eigenvalue weighted by Gasteiger charge is -2.15. The minimum atomic E-state index is -3.58. The quantitative estimate of drug-likeness (QED) is 0.866. The van der Waals surface area contributed by atoms with E-state index in [4.69, 9.17) is 0 Å². The van der Waals surface area contributed by atoms with Gasteiger partial charge in [-0.1, -0.05) is 0 Å². The van der Waals surface area contributed by atoms with Gasteiger partial charge in [-0.25, -0.2) is 17.5 Å². The molecular weight excluding hydrogens is 255 g/mol. The van der Waals surface area contributed by atoms with E-state index in [0.29, 0.717) is 17.7 Å². The van der Waals surface area contributed by atoms with E-state index in [1.165, 1.54) is 12.1 Å². The Morgan fingerprint density at radius 1 is 1.33 bits per heavy atom. The highest BCUT2D eigenvalue weighted by Gasteiger charge is 2.25. The first-order valence-corrected chi connectivity index (χ1v) is 7.38. The number of halogens is 1. The zero-order valence-electron chi connectivity index (χ0n) is 10.5. The van der Waals surface area contributed by atoms with Crippen molar-refractivity contribution in [2.24, 2.45) is 0 Å². The number of hydrogen-bond donors (Lipinski definition) is 2. The van der Waals surface area contributed by atoms with Crippen LogP contribution in [0.3, 0.4) is 0 Å². The summed E-state index contributed by atoms with van der Waals surface area (Å²) >= 11 is 0. The highest BCUT2D eigenvalue weighted by atomic mass is 32.2. The predicted octanol–water partition coefficient (Wildman–Crippen LogP) is 1.08. The van der Waals surface area contributed by atoms with E-state index in [-0.39, 0.29) is 10.9 Å². The van der Waals surface area contributed by atoms with Crippen molar-refractivity contribution in [3.8, 4) is 0 Å². The van der Waals surface area contributed by atoms with Gasteiger partial charge in [0, 0.05) is 12.6 Å². The molecule has 0 spiro atoms. The summed E-state index contributed by atoms with van der Waals surface area (Å²) in [5.41, 5.74) is 0.872. The van der Waals surface area contributed by atoms with Crippen LogP contribution >= 0.6 is 0 Å². The van der Waals surface area contributed by atoms with Crippen molar-refractivity contribution in [3.63, 3.8) is 0 Å². The van der Waals surface area contributed by atoms with Crippen molar-refractivity contribution in [2.75, 3.05) is 13.1 Å². The number of aryl methyl sites for hydroxylation is 2. The molecular formula is C12H17FN2O2S. The lowest BCUT2D eigenvalue weighted by Crippen LogP contribution is -2.36. The fraction of sp³-hybridized carbons (Fsp3) is 0.500. The van der Waals surface area contributed by atoms with Crippen LogP contribution < -0.4 is 10.0 Å². The van der Waals surface area contributed by atoms with Crippen LogP contribution in [0.1, 0.15) is 17.5 Å². The molecule has 1 atom stereocenters. The highest BCUT2D eigenvalue weighted by Crippen LogP contribution is 2.21. The Balaban J connectivity index is 2.34. The van der Waals surface area contributed by atoms with Crippen LogP contribution in [0.25, 0.3) is 0 Å². The van der Waals surface area contributed by atoms with Gasteiger partial charge in [0.15, 0.2) is 0 Å². The van der Waals surface area contributed by atoms with E-state index in [9.17, 15) is 12.8 Å². The Labute approximate surface area is 107 Å². The molecule has 4 nitrogen and oxygen atoms in total. The Morgan fingerprint density at radius 2 is 1.94 bits per heavy atom. The molecule has 0 amide bonds. The SMILES string of the molecule is Cc1cc(F)cc(C)c1S(=O)(=O)N[C@H]1CCNC1. The molecule has 100 valence electrons. The summed E-state index contributed by atoms with van der Waals surface area (Å²) in [6.45, 7) is 4.67. The third-order valence-corrected chi connectivity index (χ3v) is 4.90. The smallest absolute Gasteiger partial charge is 0.241 e. The zero-order chi connectivity index (χ0) is 13.3. The Bertz CT molecular complexity index is 528. The van der Waals surface area contributed by atoms with Gasteiger partial charge in [-0.2, -0.15) is 0 Å². The molecule has 1 fully saturated rings. The Kier molecular flexibility index (Phi) is 3.70. The van der Waals surface area contributed by atoms with Crippen LogP contribution in [-0.2, 0) is 10.0 Å². The van der Waals surface area contributed by atoms with Crippen LogP contribution in [0.5, 0.6) is 0 Å². The van der Waals surface area contributed by atoms with Crippen molar-refractivity contribution in [1.29, 1.82) is 0 Å². The fourth-order valence-corrected chi connectivity index (χ4v) is 4.08. The van der Waals surface area contributed by atoms with Crippen LogP contribution in [0.4, 0.5) is 4.39 Å². The number of hydrogen-bond acceptors (Lipinski definition) is 3. The lowest BCUT2D eigenvalue weighted by atomic mass is 10.1. The van der Waals surface area contributed by atoms with E-state index in [0.717, 1.165) is 13.0 Å². The first-order valence-electron chi connectivity index (χ1n) is 5.90. The maximum Gasteiger partial charge on any atom is 0.241 e. The molecule has 0 aromatic heterocycles. The third-order valence-electron chi connectivity index (χ3n) is 3.08. The number of rotatable bonds is 3. The molecule has 1 saturated heterocycles. The van der Waals surface area contributed by atoms with Gasteiger partial charge in [-0.05, 0) is 50.1 Å². The second-order valence-corrected chi connectivity index (χ2v) is 6.33. The van der Waals surface area contributed by atoms with Crippen molar-refractivity contribution < 1.29 is 12.8 Å². The number of sulfonamides is 1. The van der Waals surface area contributed by atoms with Crippen LogP contribution in [0, 0.1) is 19.7 Å². The zero-order valence-corrected chi connectivity index (χ0v) is 11.3. The minimum absolute atomic E-state index is 0.0844. The number of nitrogens with one attached hydrogen (secondary N) is 2. The standard InChI is InChI=1S/C12H17FN2O2S/c1-8-5-10(13)6-9(2)12(8)18(16,17)15-11-3-4-14-7-11/h5-6,11,14-15H,3-4,7H2,1-2H3/t11-/m0/s1. The van der Waals surface area contributed by atoms with Gasteiger partial charge in [-0.15, -0.1) is 0 Å². The summed E-state index contributed by atoms with van der Waals surface area (Å²) in [4.78, 5) is 0.191. The first-order chi connectivity index (χ1) is 8.40. The topological polar surface area (TPSA) is 58.2 Å². The molecule has 6 heteroatoms. The van der Waals surface area contributed by atoms with Crippen molar-refractivity contribution in [3.05, 3.63) is 29.1 Å². The van der Waals surface area contributed by atoms with Gasteiger partial charge in [0.25, 0.3) is 0 Å². The van der Waals surface area contributed by atoms with Crippen LogP contribution in [-0.4, -0.2) is 27.5 Å². The maximum atomic E-state index is 13.2. The minimum Gasteiger partial charge on any atom is -0.315 e. The molecule has 0 saturated carbocycles. The third kappa shape index (κ3) is 2.71. The van der Waals surface area contributed by atoms with Gasteiger partial charge in [0.1, 0.15) is 5.82 Å². The molecule has 0 unspecified atom stereocenters. The van der Waals surface area contributed by atoms with Gasteiger partial charge >= 0.3 is 0 Å². The molecule has 18 heavy (non-hydrogen) atoms. The van der Waals surface area contributed by atoms with Gasteiger partial charge in [0.05, 0.1) is 4.90 Å². The highest BCUT2D eigenvalue weighted by molar-refractivity contribution is 7.89. The largest absolute Gasteiger partial charge is 0.315 e. The molecule has 1 heterocycles. The molecule has 1 aromatic rings. The fourth-order valence-electron chi connectivity index (χ4n) is 2.35. The molecule has 0 bridgehead atoms. The van der Waals surface area contributed by atoms with Crippen molar-refractivity contribution >= 4 is 10.0 Å². The van der Waals surface area contributed by atoms with E-state index in [1.807, 2.05) is 0 Å². The van der Waals surface area contributed by atoms with E-state index in [2.05, 4.69) is 10.0 Å². The van der Waals surface area contributed by atoms with E-state index >= 15 is 0 Å². The molecule has 2 N–H and O–H groups in total. The van der Waals surface area contributed by atoms with Crippen molar-refractivity contribution in [2.45, 2.75) is 31.2 Å². The second-order valence-electron chi connectivity index (χ2n) is 4.68. The lowest BCUT2D eigenvalue weighted by molar-refractivity contribution is 0.558. The normalized spacial score (nSPS) is 20.3. The summed E-state index contributed by atoms with van der Waals surface area (Å²) in [5, 5.41) is 3.10. The Hall–Kier alpha value is -0.980. The molecule has 1 aliphatic heterocycles. The molecule has 2 rings (SSSR count). The van der Waals surface area contributed by atoms with E-state index < -0.39 is 15.8 Å². The monoisotopic (exact) mass is 272 g/mol. The second kappa shape index (κ2) is 4.95. The summed E-state index contributed by atoms with van der Waals surface area (Å²) in [5.74, 6) is -0.411. The summed E-state index contributed by atoms with van der Waals surface area (Å²) < 4.78 is 40.4. The summed E-state index contributed by atoms with van der Waals surface area (Å²) in [6.07, 6.45) is 0.776. The maximum absolute atomic E-state index is 13.2. The molecule has 0 radical (unpaired) electrons. The van der Waals surface area contributed by atoms with E-state index in [1.54, 1.807) is 13.8 Å². The first kappa shape index (κ1) is 13.5. The summed E-state index contributed by atoms with van der Waals surface area (Å²) in [6, 6.07) is 2.40. The molecule has 1 aromatic carbocycles. The molecule has 1 aliphatic rings. The molecule has 0 aliphatic carbocycles. The Morgan fingerprint density at radius 3 is 2.44 bits per heavy atom. The van der Waals surface area contributed by atoms with Crippen LogP contribution in [0.2, 0.25) is 0 Å². The van der Waals surface area contributed by atoms with Crippen LogP contribution in [0.15, 0.2) is 17.0 Å². The average Bonchev–Trinajstić information content (AvgIpc) is 2.66. The average molecular weight is 272 g/mol.